The van der Waals surface area contributed by atoms with Crippen molar-refractivity contribution in [1.82, 2.24) is 10.6 Å². The van der Waals surface area contributed by atoms with E-state index in [1.165, 1.54) is 19.1 Å². The average Bonchev–Trinajstić information content (AvgIpc) is 2.63. The molecule has 0 spiro atoms. The van der Waals surface area contributed by atoms with Gasteiger partial charge in [-0.15, -0.1) is 0 Å². The number of carbonyl (C=O) groups excluding carboxylic acids is 3. The first-order chi connectivity index (χ1) is 12.8. The second-order valence-corrected chi connectivity index (χ2v) is 5.35. The number of carbonyl (C=O) groups is 3. The fourth-order valence-electron chi connectivity index (χ4n) is 1.93. The molecule has 1 aromatic carbocycles. The summed E-state index contributed by atoms with van der Waals surface area (Å²) in [6, 6.07) is 7.52. The smallest absolute Gasteiger partial charge is 0.354 e. The molecule has 0 radical (unpaired) electrons. The molecule has 9 heteroatoms. The Hall–Kier alpha value is -3.62. The minimum Gasteiger partial charge on any atom is -0.457 e. The lowest BCUT2D eigenvalue weighted by molar-refractivity contribution is -0.138. The average molecular weight is 373 g/mol. The lowest BCUT2D eigenvalue weighted by atomic mass is 10.2. The number of nitrogens with two attached hydrogens (primary N) is 2. The van der Waals surface area contributed by atoms with E-state index in [-0.39, 0.29) is 30.7 Å². The van der Waals surface area contributed by atoms with Crippen molar-refractivity contribution in [2.45, 2.75) is 13.0 Å². The van der Waals surface area contributed by atoms with E-state index in [1.807, 2.05) is 0 Å². The first-order valence-corrected chi connectivity index (χ1v) is 8.03. The van der Waals surface area contributed by atoms with Gasteiger partial charge in [0.1, 0.15) is 12.3 Å². The molecule has 9 nitrogen and oxygen atoms in total. The SMILES string of the molecule is C=CCOC(=O)/C(=C/C(CNC(C)=O)N=C(N)N)NC(=O)c1ccccc1. The quantitative estimate of drug-likeness (QED) is 0.155. The highest BCUT2D eigenvalue weighted by Gasteiger charge is 2.18. The monoisotopic (exact) mass is 373 g/mol. The van der Waals surface area contributed by atoms with Crippen LogP contribution in [0, 0.1) is 0 Å². The van der Waals surface area contributed by atoms with Crippen molar-refractivity contribution in [3.8, 4) is 0 Å². The van der Waals surface area contributed by atoms with E-state index < -0.39 is 17.9 Å². The maximum Gasteiger partial charge on any atom is 0.354 e. The van der Waals surface area contributed by atoms with Crippen LogP contribution in [-0.4, -0.2) is 42.9 Å². The molecule has 144 valence electrons. The van der Waals surface area contributed by atoms with E-state index in [2.05, 4.69) is 22.2 Å². The Morgan fingerprint density at radius 1 is 1.26 bits per heavy atom. The molecule has 0 heterocycles. The maximum absolute atomic E-state index is 12.4. The minimum atomic E-state index is -0.794. The number of amides is 2. The van der Waals surface area contributed by atoms with E-state index in [9.17, 15) is 14.4 Å². The third-order valence-corrected chi connectivity index (χ3v) is 3.07. The van der Waals surface area contributed by atoms with Gasteiger partial charge in [0, 0.05) is 19.0 Å². The Bertz CT molecular complexity index is 739. The molecule has 1 aromatic rings. The first-order valence-electron chi connectivity index (χ1n) is 8.03. The molecule has 1 atom stereocenters. The van der Waals surface area contributed by atoms with Crippen LogP contribution in [0.4, 0.5) is 0 Å². The molecule has 1 rings (SSSR count). The van der Waals surface area contributed by atoms with Gasteiger partial charge < -0.3 is 26.8 Å². The molecule has 0 saturated carbocycles. The molecule has 0 aromatic heterocycles. The summed E-state index contributed by atoms with van der Waals surface area (Å²) in [5.41, 5.74) is 11.0. The molecule has 0 fully saturated rings. The summed E-state index contributed by atoms with van der Waals surface area (Å²) in [5, 5.41) is 5.02. The van der Waals surface area contributed by atoms with Crippen molar-refractivity contribution in [2.75, 3.05) is 13.2 Å². The minimum absolute atomic E-state index is 0.0205. The van der Waals surface area contributed by atoms with Gasteiger partial charge in [-0.05, 0) is 18.2 Å². The second-order valence-electron chi connectivity index (χ2n) is 5.35. The summed E-state index contributed by atoms with van der Waals surface area (Å²) in [5.74, 6) is -1.85. The van der Waals surface area contributed by atoms with Crippen LogP contribution in [0.5, 0.6) is 0 Å². The highest BCUT2D eigenvalue weighted by molar-refractivity contribution is 6.01. The Morgan fingerprint density at radius 2 is 1.93 bits per heavy atom. The van der Waals surface area contributed by atoms with Crippen molar-refractivity contribution in [3.05, 3.63) is 60.3 Å². The van der Waals surface area contributed by atoms with Gasteiger partial charge in [0.15, 0.2) is 5.96 Å². The number of hydrogen-bond donors (Lipinski definition) is 4. The van der Waals surface area contributed by atoms with Crippen LogP contribution in [0.15, 0.2) is 59.8 Å². The van der Waals surface area contributed by atoms with Crippen LogP contribution in [0.2, 0.25) is 0 Å². The number of benzene rings is 1. The van der Waals surface area contributed by atoms with Gasteiger partial charge in [0.2, 0.25) is 5.91 Å². The Kier molecular flexibility index (Phi) is 8.79. The summed E-state index contributed by atoms with van der Waals surface area (Å²) < 4.78 is 4.98. The van der Waals surface area contributed by atoms with Gasteiger partial charge in [-0.25, -0.2) is 9.79 Å². The van der Waals surface area contributed by atoms with E-state index in [0.29, 0.717) is 5.56 Å². The number of ether oxygens (including phenoxy) is 1. The van der Waals surface area contributed by atoms with Crippen molar-refractivity contribution < 1.29 is 19.1 Å². The van der Waals surface area contributed by atoms with E-state index in [4.69, 9.17) is 16.2 Å². The predicted molar refractivity (Wildman–Crippen MR) is 101 cm³/mol. The summed E-state index contributed by atoms with van der Waals surface area (Å²) in [7, 11) is 0. The van der Waals surface area contributed by atoms with Gasteiger partial charge in [-0.3, -0.25) is 9.59 Å². The molecular weight excluding hydrogens is 350 g/mol. The number of nitrogens with one attached hydrogen (secondary N) is 2. The fraction of sp³-hybridized carbons (Fsp3) is 0.222. The summed E-state index contributed by atoms with van der Waals surface area (Å²) >= 11 is 0. The van der Waals surface area contributed by atoms with Gasteiger partial charge in [-0.1, -0.05) is 30.9 Å². The summed E-state index contributed by atoms with van der Waals surface area (Å²) in [6.45, 7) is 4.76. The van der Waals surface area contributed by atoms with Gasteiger partial charge in [0.05, 0.1) is 6.04 Å². The Morgan fingerprint density at radius 3 is 2.48 bits per heavy atom. The maximum atomic E-state index is 12.4. The highest BCUT2D eigenvalue weighted by atomic mass is 16.5. The molecule has 0 aliphatic carbocycles. The van der Waals surface area contributed by atoms with Gasteiger partial charge in [0.25, 0.3) is 5.91 Å². The second kappa shape index (κ2) is 11.1. The Balaban J connectivity index is 3.12. The van der Waals surface area contributed by atoms with Gasteiger partial charge >= 0.3 is 5.97 Å². The van der Waals surface area contributed by atoms with Crippen molar-refractivity contribution in [3.63, 3.8) is 0 Å². The molecule has 2 amide bonds. The number of rotatable bonds is 9. The van der Waals surface area contributed by atoms with Crippen molar-refractivity contribution in [2.24, 2.45) is 16.5 Å². The standard InChI is InChI=1S/C18H23N5O4/c1-3-9-27-17(26)15(23-16(25)13-7-5-4-6-8-13)10-14(22-18(19)20)11-21-12(2)24/h3-8,10,14H,1,9,11H2,2H3,(H,21,24)(H,23,25)(H4,19,20,22)/b15-10-. The number of guanidine groups is 1. The normalized spacial score (nSPS) is 11.7. The summed E-state index contributed by atoms with van der Waals surface area (Å²) in [4.78, 5) is 39.7. The van der Waals surface area contributed by atoms with Crippen molar-refractivity contribution in [1.29, 1.82) is 0 Å². The molecule has 6 N–H and O–H groups in total. The topological polar surface area (TPSA) is 149 Å². The predicted octanol–water partition coefficient (Wildman–Crippen LogP) is -0.192. The lowest BCUT2D eigenvalue weighted by Crippen LogP contribution is -2.35. The third kappa shape index (κ3) is 8.34. The molecule has 27 heavy (non-hydrogen) atoms. The molecule has 1 unspecified atom stereocenters. The molecule has 0 bridgehead atoms. The molecule has 0 aliphatic rings. The zero-order chi connectivity index (χ0) is 20.2. The first kappa shape index (κ1) is 21.4. The lowest BCUT2D eigenvalue weighted by Gasteiger charge is -2.14. The molecular formula is C18H23N5O4. The zero-order valence-electron chi connectivity index (χ0n) is 15.0. The number of esters is 1. The Labute approximate surface area is 157 Å². The van der Waals surface area contributed by atoms with Crippen molar-refractivity contribution >= 4 is 23.7 Å². The van der Waals surface area contributed by atoms with Crippen LogP contribution in [0.3, 0.4) is 0 Å². The largest absolute Gasteiger partial charge is 0.457 e. The fourth-order valence-corrected chi connectivity index (χ4v) is 1.93. The highest BCUT2D eigenvalue weighted by Crippen LogP contribution is 2.05. The number of hydrogen-bond acceptors (Lipinski definition) is 5. The summed E-state index contributed by atoms with van der Waals surface area (Å²) in [6.07, 6.45) is 2.70. The number of aliphatic imine (C=N–C) groups is 1. The van der Waals surface area contributed by atoms with E-state index in [0.717, 1.165) is 0 Å². The number of nitrogens with zero attached hydrogens (tertiary/aromatic N) is 1. The van der Waals surface area contributed by atoms with Crippen LogP contribution in [-0.2, 0) is 14.3 Å². The molecule has 0 saturated heterocycles. The third-order valence-electron chi connectivity index (χ3n) is 3.07. The zero-order valence-corrected chi connectivity index (χ0v) is 15.0. The van der Waals surface area contributed by atoms with Crippen LogP contribution >= 0.6 is 0 Å². The molecule has 0 aliphatic heterocycles. The van der Waals surface area contributed by atoms with Crippen LogP contribution in [0.1, 0.15) is 17.3 Å². The van der Waals surface area contributed by atoms with E-state index >= 15 is 0 Å². The van der Waals surface area contributed by atoms with Crippen LogP contribution in [0.25, 0.3) is 0 Å². The van der Waals surface area contributed by atoms with Gasteiger partial charge in [-0.2, -0.15) is 0 Å². The van der Waals surface area contributed by atoms with E-state index in [1.54, 1.807) is 30.3 Å². The van der Waals surface area contributed by atoms with Crippen LogP contribution < -0.4 is 22.1 Å².